The molecule has 0 aromatic rings. The summed E-state index contributed by atoms with van der Waals surface area (Å²) in [5, 5.41) is 8.04. The summed E-state index contributed by atoms with van der Waals surface area (Å²) >= 11 is 0. The molecule has 0 bridgehead atoms. The van der Waals surface area contributed by atoms with Crippen molar-refractivity contribution >= 4 is 33.0 Å². The van der Waals surface area contributed by atoms with Gasteiger partial charge in [-0.3, -0.25) is 8.62 Å². The Hall–Kier alpha value is 1.26. The van der Waals surface area contributed by atoms with Crippen LogP contribution in [0.5, 0.6) is 0 Å². The Labute approximate surface area is 136 Å². The van der Waals surface area contributed by atoms with Crippen molar-refractivity contribution in [2.75, 3.05) is 6.61 Å². The molecule has 1 N–H and O–H groups in total. The van der Waals surface area contributed by atoms with Crippen LogP contribution in [0.1, 0.15) is 6.92 Å². The summed E-state index contributed by atoms with van der Waals surface area (Å²) in [7, 11) is -14.1. The van der Waals surface area contributed by atoms with Crippen molar-refractivity contribution in [3.05, 3.63) is 12.2 Å². The van der Waals surface area contributed by atoms with Gasteiger partial charge < -0.3 is 42.9 Å². The summed E-state index contributed by atoms with van der Waals surface area (Å²) in [6, 6.07) is 0. The molecule has 0 aliphatic heterocycles. The Bertz CT molecular complexity index is 295. The first-order valence-corrected chi connectivity index (χ1v) is 8.87. The molecule has 0 spiro atoms. The fourth-order valence-corrected chi connectivity index (χ4v) is 1.22. The Kier molecular flexibility index (Phi) is 29.7. The van der Waals surface area contributed by atoms with E-state index >= 15 is 0 Å². The SMILES string of the molecule is C=C(C)CO.O=[PH]([O-])O[PH](=O)[O-].O=[PH]([O-])O[PH](=O)[O-].[Zr+4]. The van der Waals surface area contributed by atoms with E-state index in [9.17, 15) is 37.8 Å². The van der Waals surface area contributed by atoms with Crippen LogP contribution >= 0.6 is 33.0 Å². The van der Waals surface area contributed by atoms with Crippen molar-refractivity contribution < 1.29 is 77.8 Å². The average Bonchev–Trinajstić information content (AvgIpc) is 2.14. The molecule has 0 rings (SSSR count). The zero-order valence-corrected chi connectivity index (χ0v) is 16.4. The fraction of sp³-hybridized carbons (Fsp3) is 0.500. The van der Waals surface area contributed by atoms with Gasteiger partial charge in [-0.1, -0.05) is 12.2 Å². The van der Waals surface area contributed by atoms with Crippen molar-refractivity contribution in [3.63, 3.8) is 0 Å². The minimum atomic E-state index is -3.51. The Balaban J connectivity index is -0.0000000952. The van der Waals surface area contributed by atoms with Gasteiger partial charge in [0.1, 0.15) is 33.0 Å². The molecule has 0 saturated heterocycles. The van der Waals surface area contributed by atoms with Gasteiger partial charge in [-0.05, 0) is 6.92 Å². The second kappa shape index (κ2) is 20.3. The van der Waals surface area contributed by atoms with Crippen LogP contribution in [0.15, 0.2) is 12.2 Å². The van der Waals surface area contributed by atoms with Gasteiger partial charge >= 0.3 is 26.2 Å². The number of hydrogen-bond acceptors (Lipinski definition) is 11. The Morgan fingerprint density at radius 2 is 1.10 bits per heavy atom. The molecule has 4 atom stereocenters. The summed E-state index contributed by atoms with van der Waals surface area (Å²) in [5.74, 6) is 0. The molecule has 0 aliphatic rings. The Morgan fingerprint density at radius 3 is 1.10 bits per heavy atom. The van der Waals surface area contributed by atoms with E-state index in [1.165, 1.54) is 0 Å². The monoisotopic (exact) mass is 450 g/mol. The maximum atomic E-state index is 9.29. The second-order valence-corrected chi connectivity index (χ2v) is 5.95. The molecule has 20 heavy (non-hydrogen) atoms. The number of rotatable bonds is 5. The third-order valence-electron chi connectivity index (χ3n) is 0.603. The molecule has 0 aromatic carbocycles. The van der Waals surface area contributed by atoms with Crippen LogP contribution in [0.2, 0.25) is 0 Å². The van der Waals surface area contributed by atoms with Crippen LogP contribution < -0.4 is 19.6 Å². The van der Waals surface area contributed by atoms with E-state index in [-0.39, 0.29) is 32.8 Å². The van der Waals surface area contributed by atoms with Crippen LogP contribution in [-0.2, 0) is 53.1 Å². The van der Waals surface area contributed by atoms with Gasteiger partial charge in [0.25, 0.3) is 0 Å². The van der Waals surface area contributed by atoms with Gasteiger partial charge in [-0.15, -0.1) is 0 Å². The van der Waals surface area contributed by atoms with Crippen molar-refractivity contribution in [1.82, 2.24) is 0 Å². The second-order valence-electron chi connectivity index (χ2n) is 2.32. The first kappa shape index (κ1) is 29.3. The van der Waals surface area contributed by atoms with Gasteiger partial charge in [-0.2, -0.15) is 0 Å². The van der Waals surface area contributed by atoms with Gasteiger partial charge in [0.2, 0.25) is 0 Å². The quantitative estimate of drug-likeness (QED) is 0.344. The first-order chi connectivity index (χ1) is 8.52. The predicted molar refractivity (Wildman–Crippen MR) is 60.1 cm³/mol. The molecule has 118 valence electrons. The summed E-state index contributed by atoms with van der Waals surface area (Å²) in [5.41, 5.74) is 0.810. The number of hydrogen-bond donors (Lipinski definition) is 1. The molecule has 16 heteroatoms. The van der Waals surface area contributed by atoms with Crippen molar-refractivity contribution in [3.8, 4) is 0 Å². The average molecular weight is 451 g/mol. The fourth-order valence-electron chi connectivity index (χ4n) is 0.136. The molecular formula is C4H12O11P4Zr. The van der Waals surface area contributed by atoms with Crippen LogP contribution in [-0.4, -0.2) is 11.7 Å². The predicted octanol–water partition coefficient (Wildman–Crippen LogP) is -2.44. The molecule has 0 fully saturated rings. The normalized spacial score (nSPS) is 14.9. The minimum absolute atomic E-state index is 0. The first-order valence-electron chi connectivity index (χ1n) is 3.97. The van der Waals surface area contributed by atoms with Gasteiger partial charge in [-0.25, -0.2) is 0 Å². The van der Waals surface area contributed by atoms with Crippen LogP contribution in [0.25, 0.3) is 0 Å². The summed E-state index contributed by atoms with van der Waals surface area (Å²) in [6.07, 6.45) is 0. The van der Waals surface area contributed by atoms with E-state index in [1.807, 2.05) is 0 Å². The summed E-state index contributed by atoms with van der Waals surface area (Å²) in [4.78, 5) is 37.1. The molecule has 0 aromatic heterocycles. The largest absolute Gasteiger partial charge is 4.00 e. The molecule has 0 heterocycles. The van der Waals surface area contributed by atoms with Crippen LogP contribution in [0.4, 0.5) is 0 Å². The maximum absolute atomic E-state index is 9.29. The Morgan fingerprint density at radius 1 is 0.950 bits per heavy atom. The van der Waals surface area contributed by atoms with Gasteiger partial charge in [0.15, 0.2) is 0 Å². The zero-order valence-electron chi connectivity index (χ0n) is 9.94. The summed E-state index contributed by atoms with van der Waals surface area (Å²) < 4.78 is 43.6. The zero-order chi connectivity index (χ0) is 16.0. The standard InChI is InChI=1S/C4H8O.2H4O5P2.Zr/c1-4(2)3-5;2*1-6(2)5-7(3)4;/h5H,1,3H2,2H3;2*6-7H,(H,1,2)(H,3,4);/q;;;+4/p-4. The van der Waals surface area contributed by atoms with E-state index in [0.717, 1.165) is 5.57 Å². The van der Waals surface area contributed by atoms with Gasteiger partial charge in [0, 0.05) is 0 Å². The molecule has 0 saturated carbocycles. The van der Waals surface area contributed by atoms with E-state index in [2.05, 4.69) is 15.2 Å². The minimum Gasteiger partial charge on any atom is -0.781 e. The van der Waals surface area contributed by atoms with E-state index in [1.54, 1.807) is 6.92 Å². The van der Waals surface area contributed by atoms with E-state index in [0.29, 0.717) is 0 Å². The molecule has 0 radical (unpaired) electrons. The van der Waals surface area contributed by atoms with Crippen LogP contribution in [0.3, 0.4) is 0 Å². The van der Waals surface area contributed by atoms with Gasteiger partial charge in [0.05, 0.1) is 6.61 Å². The topological polar surface area (TPSA) is 199 Å². The molecule has 0 amide bonds. The maximum Gasteiger partial charge on any atom is 4.00 e. The third kappa shape index (κ3) is 50.6. The van der Waals surface area contributed by atoms with Crippen molar-refractivity contribution in [1.29, 1.82) is 0 Å². The smallest absolute Gasteiger partial charge is 0.781 e. The molecule has 0 aliphatic carbocycles. The molecular weight excluding hydrogens is 439 g/mol. The molecule has 4 unspecified atom stereocenters. The summed E-state index contributed by atoms with van der Waals surface area (Å²) in [6.45, 7) is 5.31. The van der Waals surface area contributed by atoms with E-state index in [4.69, 9.17) is 5.11 Å². The van der Waals surface area contributed by atoms with Crippen molar-refractivity contribution in [2.24, 2.45) is 0 Å². The molecule has 11 nitrogen and oxygen atoms in total. The van der Waals surface area contributed by atoms with Crippen LogP contribution in [0, 0.1) is 0 Å². The number of aliphatic hydroxyl groups excluding tert-OH is 1. The van der Waals surface area contributed by atoms with E-state index < -0.39 is 33.0 Å². The number of aliphatic hydroxyl groups is 1. The third-order valence-corrected chi connectivity index (χ3v) is 3.27. The van der Waals surface area contributed by atoms with Crippen molar-refractivity contribution in [2.45, 2.75) is 6.92 Å².